The number of hydrogen-bond acceptors (Lipinski definition) is 4. The van der Waals surface area contributed by atoms with E-state index < -0.39 is 6.36 Å². The van der Waals surface area contributed by atoms with Crippen molar-refractivity contribution in [2.45, 2.75) is 19.8 Å². The van der Waals surface area contributed by atoms with Crippen LogP contribution in [0.3, 0.4) is 0 Å². The number of rotatable bonds is 6. The predicted octanol–water partition coefficient (Wildman–Crippen LogP) is 5.16. The molecule has 0 unspecified atom stereocenters. The molecule has 2 aromatic carbocycles. The summed E-state index contributed by atoms with van der Waals surface area (Å²) in [5.74, 6) is -0.0609. The van der Waals surface area contributed by atoms with Crippen LogP contribution in [-0.4, -0.2) is 28.9 Å². The highest BCUT2D eigenvalue weighted by atomic mass is 19.4. The minimum atomic E-state index is -4.83. The van der Waals surface area contributed by atoms with E-state index in [1.165, 1.54) is 31.4 Å². The summed E-state index contributed by atoms with van der Waals surface area (Å²) in [6.45, 7) is 1.87. The van der Waals surface area contributed by atoms with Crippen LogP contribution in [0.25, 0.3) is 10.9 Å². The van der Waals surface area contributed by atoms with Gasteiger partial charge in [0.1, 0.15) is 11.5 Å². The van der Waals surface area contributed by atoms with Crippen LogP contribution in [0.4, 0.5) is 13.2 Å². The van der Waals surface area contributed by atoms with Gasteiger partial charge in [-0.3, -0.25) is 4.79 Å². The molecule has 0 aliphatic carbocycles. The van der Waals surface area contributed by atoms with E-state index in [1.807, 2.05) is 0 Å². The van der Waals surface area contributed by atoms with Crippen molar-refractivity contribution in [3.63, 3.8) is 0 Å². The summed E-state index contributed by atoms with van der Waals surface area (Å²) in [6.07, 6.45) is -2.56. The van der Waals surface area contributed by atoms with Crippen molar-refractivity contribution in [1.82, 2.24) is 4.57 Å². The van der Waals surface area contributed by atoms with E-state index in [0.717, 1.165) is 6.26 Å². The fourth-order valence-electron chi connectivity index (χ4n) is 3.22. The first-order valence-corrected chi connectivity index (χ1v) is 8.61. The third-order valence-electron chi connectivity index (χ3n) is 4.50. The summed E-state index contributed by atoms with van der Waals surface area (Å²) < 4.78 is 48.6. The zero-order valence-electron chi connectivity index (χ0n) is 15.7. The zero-order valence-corrected chi connectivity index (χ0v) is 15.7. The number of carbonyl (C=O) groups excluding carboxylic acids is 1. The van der Waals surface area contributed by atoms with Gasteiger partial charge in [0.2, 0.25) is 0 Å². The summed E-state index contributed by atoms with van der Waals surface area (Å²) in [7, 11) is 1.52. The third-order valence-corrected chi connectivity index (χ3v) is 4.50. The van der Waals surface area contributed by atoms with Crippen LogP contribution in [0.2, 0.25) is 0 Å². The number of nitrogens with zero attached hydrogens (tertiary/aromatic N) is 1. The van der Waals surface area contributed by atoms with Gasteiger partial charge in [-0.1, -0.05) is 0 Å². The van der Waals surface area contributed by atoms with Crippen molar-refractivity contribution in [3.05, 3.63) is 71.6 Å². The smallest absolute Gasteiger partial charge is 0.516 e. The summed E-state index contributed by atoms with van der Waals surface area (Å²) >= 11 is 0. The van der Waals surface area contributed by atoms with Crippen molar-refractivity contribution in [2.24, 2.45) is 0 Å². The Balaban J connectivity index is 2.15. The molecular weight excluding hydrogens is 387 g/mol. The maximum Gasteiger partial charge on any atom is 0.573 e. The van der Waals surface area contributed by atoms with Crippen LogP contribution < -0.4 is 9.47 Å². The molecule has 3 aromatic rings. The highest BCUT2D eigenvalue weighted by Crippen LogP contribution is 2.33. The molecule has 0 saturated heterocycles. The number of alkyl halides is 3. The van der Waals surface area contributed by atoms with Crippen LogP contribution in [-0.2, 0) is 6.54 Å². The number of ketones is 1. The molecule has 1 aromatic heterocycles. The number of aromatic nitrogens is 1. The highest BCUT2D eigenvalue weighted by Gasteiger charge is 2.31. The lowest BCUT2D eigenvalue weighted by Crippen LogP contribution is -2.17. The quantitative estimate of drug-likeness (QED) is 0.455. The Morgan fingerprint density at radius 1 is 1.14 bits per heavy atom. The number of aliphatic hydroxyl groups excluding tert-OH is 1. The number of aliphatic hydroxyl groups is 1. The highest BCUT2D eigenvalue weighted by molar-refractivity contribution is 6.17. The molecule has 1 heterocycles. The molecule has 0 spiro atoms. The van der Waals surface area contributed by atoms with Crippen LogP contribution >= 0.6 is 0 Å². The van der Waals surface area contributed by atoms with E-state index >= 15 is 0 Å². The van der Waals surface area contributed by atoms with Gasteiger partial charge in [-0.15, -0.1) is 13.2 Å². The largest absolute Gasteiger partial charge is 0.573 e. The second-order valence-electron chi connectivity index (χ2n) is 6.24. The molecule has 0 aliphatic heterocycles. The molecular formula is C21H18F3NO4. The van der Waals surface area contributed by atoms with Crippen molar-refractivity contribution in [3.8, 4) is 11.5 Å². The van der Waals surface area contributed by atoms with Gasteiger partial charge in [-0.25, -0.2) is 0 Å². The third kappa shape index (κ3) is 4.21. The molecule has 0 atom stereocenters. The molecule has 29 heavy (non-hydrogen) atoms. The number of ether oxygens (including phenoxy) is 2. The minimum Gasteiger partial charge on any atom is -0.516 e. The first-order chi connectivity index (χ1) is 13.7. The monoisotopic (exact) mass is 405 g/mol. The van der Waals surface area contributed by atoms with Gasteiger partial charge in [0.25, 0.3) is 0 Å². The Bertz CT molecular complexity index is 1070. The van der Waals surface area contributed by atoms with E-state index in [2.05, 4.69) is 4.74 Å². The zero-order chi connectivity index (χ0) is 21.2. The van der Waals surface area contributed by atoms with Gasteiger partial charge in [0.15, 0.2) is 5.78 Å². The van der Waals surface area contributed by atoms with E-state index in [1.54, 1.807) is 35.8 Å². The van der Waals surface area contributed by atoms with Gasteiger partial charge >= 0.3 is 6.36 Å². The first kappa shape index (κ1) is 20.3. The molecule has 0 amide bonds. The summed E-state index contributed by atoms with van der Waals surface area (Å²) in [5.41, 5.74) is 1.73. The summed E-state index contributed by atoms with van der Waals surface area (Å²) in [4.78, 5) is 13.1. The van der Waals surface area contributed by atoms with Crippen LogP contribution in [0, 0.1) is 6.92 Å². The number of carbonyl (C=O) groups is 1. The number of benzene rings is 2. The van der Waals surface area contributed by atoms with Crippen molar-refractivity contribution in [2.75, 3.05) is 7.11 Å². The van der Waals surface area contributed by atoms with E-state index in [0.29, 0.717) is 33.5 Å². The SMILES string of the molecule is COc1ccc(C(=O)c2c(C)n(C/C=C/O)c3cc(OC(F)(F)F)ccc23)cc1. The normalized spacial score (nSPS) is 11.9. The lowest BCUT2D eigenvalue weighted by Gasteiger charge is -2.10. The molecule has 3 rings (SSSR count). The second-order valence-corrected chi connectivity index (χ2v) is 6.24. The van der Waals surface area contributed by atoms with Crippen molar-refractivity contribution >= 4 is 16.7 Å². The van der Waals surface area contributed by atoms with Crippen LogP contribution in [0.15, 0.2) is 54.8 Å². The fourth-order valence-corrected chi connectivity index (χ4v) is 3.22. The Hall–Kier alpha value is -3.42. The van der Waals surface area contributed by atoms with E-state index in [4.69, 9.17) is 9.84 Å². The van der Waals surface area contributed by atoms with Crippen molar-refractivity contribution < 1.29 is 32.5 Å². The average Bonchev–Trinajstić information content (AvgIpc) is 2.95. The average molecular weight is 405 g/mol. The van der Waals surface area contributed by atoms with E-state index in [9.17, 15) is 18.0 Å². The van der Waals surface area contributed by atoms with Gasteiger partial charge < -0.3 is 19.1 Å². The molecule has 0 aliphatic rings. The van der Waals surface area contributed by atoms with Crippen LogP contribution in [0.1, 0.15) is 21.6 Å². The van der Waals surface area contributed by atoms with Gasteiger partial charge in [0, 0.05) is 29.3 Å². The number of allylic oxidation sites excluding steroid dienone is 1. The number of fused-ring (bicyclic) bond motifs is 1. The molecule has 8 heteroatoms. The maximum atomic E-state index is 13.1. The molecule has 0 radical (unpaired) electrons. The Morgan fingerprint density at radius 3 is 2.38 bits per heavy atom. The Kier molecular flexibility index (Phi) is 5.54. The number of halogens is 3. The first-order valence-electron chi connectivity index (χ1n) is 8.61. The fraction of sp³-hybridized carbons (Fsp3) is 0.190. The molecule has 0 bridgehead atoms. The molecule has 152 valence electrons. The minimum absolute atomic E-state index is 0.171. The van der Waals surface area contributed by atoms with Crippen molar-refractivity contribution in [1.29, 1.82) is 0 Å². The lowest BCUT2D eigenvalue weighted by molar-refractivity contribution is -0.274. The lowest BCUT2D eigenvalue weighted by atomic mass is 10.0. The topological polar surface area (TPSA) is 60.7 Å². The predicted molar refractivity (Wildman–Crippen MR) is 102 cm³/mol. The Morgan fingerprint density at radius 2 is 1.79 bits per heavy atom. The van der Waals surface area contributed by atoms with E-state index in [-0.39, 0.29) is 18.1 Å². The number of methoxy groups -OCH3 is 1. The standard InChI is InChI=1S/C21H18F3NO4/c1-13-19(20(27)14-4-6-15(28-2)7-5-14)17-9-8-16(29-21(22,23)24)12-18(17)25(13)10-3-11-26/h3-9,11-12,26H,10H2,1-2H3/b11-3+. The van der Waals surface area contributed by atoms with Gasteiger partial charge in [-0.2, -0.15) is 0 Å². The van der Waals surface area contributed by atoms with Gasteiger partial charge in [0.05, 0.1) is 24.5 Å². The molecule has 0 saturated carbocycles. The molecule has 0 fully saturated rings. The Labute approximate surface area is 164 Å². The summed E-state index contributed by atoms with van der Waals surface area (Å²) in [5, 5.41) is 9.49. The molecule has 5 nitrogen and oxygen atoms in total. The van der Waals surface area contributed by atoms with Crippen LogP contribution in [0.5, 0.6) is 11.5 Å². The second kappa shape index (κ2) is 7.90. The van der Waals surface area contributed by atoms with Gasteiger partial charge in [-0.05, 0) is 49.4 Å². The summed E-state index contributed by atoms with van der Waals surface area (Å²) in [6, 6.07) is 10.4. The maximum absolute atomic E-state index is 13.1. The number of hydrogen-bond donors (Lipinski definition) is 1. The molecule has 1 N–H and O–H groups in total.